The number of anilines is 1. The number of methoxy groups -OCH3 is 2. The number of nitrogens with zero attached hydrogens (tertiary/aromatic N) is 5. The molecule has 2 aliphatic heterocycles. The Balaban J connectivity index is 0.967. The summed E-state index contributed by atoms with van der Waals surface area (Å²) in [5, 5.41) is 32.7. The molecule has 646 valence electrons. The first kappa shape index (κ1) is 96.5. The number of urea groups is 1. The first-order valence-electron chi connectivity index (χ1n) is 40.3. The number of imide groups is 1. The second kappa shape index (κ2) is 46.7. The molecule has 2 fully saturated rings. The molecule has 117 heavy (non-hydrogen) atoms. The number of nitrogens with two attached hydrogens (primary N) is 1. The number of aliphatic hydroxyl groups excluding tert-OH is 1. The Bertz CT molecular complexity index is 3910. The Hall–Kier alpha value is -9.38. The molecule has 0 spiro atoms. The molecule has 10 N–H and O–H groups in total. The van der Waals surface area contributed by atoms with Crippen LogP contribution in [0, 0.1) is 29.6 Å². The van der Waals surface area contributed by atoms with Gasteiger partial charge in [-0.05, 0) is 136 Å². The van der Waals surface area contributed by atoms with Gasteiger partial charge in [0.05, 0.1) is 67.5 Å². The number of primary amides is 1. The molecule has 2 heterocycles. The standard InChI is InChI=1S/C83H123N13O19S2/c1-17-51(8)73(63(111-15)45-68(101)95-41-22-27-62(95)75(112-16)52(9)76(104)86-53(10)74(103)55-24-19-18-20-25-55)93(13)80(108)71(49(4)5)90-79(107)72(50(6)7)94(14)82(110)114-47-54-29-32-57(33-30-54)87-77(105)61(26-21-40-85-81(84)109)88-78(106)70(48(2)3)89-64(97)39-43-116-117-83(11,12)46-65(98)92-91-60-36-31-56-44-58(34-35-59(56)60)113-42-23-28-69(102)115-96-66(99)37-38-67(96)100/h18-20,24-25,29-30,32-35,44,48-53,61-63,70-75,103H,17,21-23,26-28,31,36-43,45-47H2,1-16H3,(H,86,104)(H,87,105)(H,88,106)(H,89,97)(H,90,107)(H,92,98)(H3,84,85,109)/b91-60+/t51-,52+,53+,61-,62-,63+,70-,71-,72-,73-,74+,75+/m0/s1. The third-order valence-electron chi connectivity index (χ3n) is 21.1. The second-order valence-electron chi connectivity index (χ2n) is 31.8. The quantitative estimate of drug-likeness (QED) is 0.0113. The van der Waals surface area contributed by atoms with Crippen molar-refractivity contribution in [2.45, 2.75) is 245 Å². The van der Waals surface area contributed by atoms with Gasteiger partial charge in [-0.1, -0.05) is 133 Å². The number of fused-ring (bicyclic) bond motifs is 1. The zero-order valence-corrected chi connectivity index (χ0v) is 72.1. The maximum Gasteiger partial charge on any atom is 0.410 e. The van der Waals surface area contributed by atoms with Gasteiger partial charge < -0.3 is 76.3 Å². The monoisotopic (exact) mass is 1670 g/mol. The Morgan fingerprint density at radius 2 is 1.41 bits per heavy atom. The fraction of sp³-hybridized carbons (Fsp3) is 0.614. The van der Waals surface area contributed by atoms with Crippen molar-refractivity contribution in [3.8, 4) is 5.75 Å². The van der Waals surface area contributed by atoms with Gasteiger partial charge in [0.15, 0.2) is 0 Å². The highest BCUT2D eigenvalue weighted by Gasteiger charge is 2.45. The number of carbonyl (C=O) groups excluding carboxylic acids is 13. The van der Waals surface area contributed by atoms with E-state index in [0.717, 1.165) is 11.1 Å². The summed E-state index contributed by atoms with van der Waals surface area (Å²) in [4.78, 5) is 183. The third-order valence-corrected chi connectivity index (χ3v) is 24.4. The van der Waals surface area contributed by atoms with Gasteiger partial charge in [0, 0.05) is 88.8 Å². The summed E-state index contributed by atoms with van der Waals surface area (Å²) in [6, 6.07) is 14.1. The summed E-state index contributed by atoms with van der Waals surface area (Å²) in [5.41, 5.74) is 12.0. The van der Waals surface area contributed by atoms with Crippen LogP contribution in [0.2, 0.25) is 0 Å². The minimum atomic E-state index is -1.15. The fourth-order valence-electron chi connectivity index (χ4n) is 14.5. The molecule has 0 radical (unpaired) electrons. The molecular formula is C83H123N13O19S2. The summed E-state index contributed by atoms with van der Waals surface area (Å²) >= 11 is 0. The normalized spacial score (nSPS) is 17.3. The lowest BCUT2D eigenvalue weighted by Crippen LogP contribution is -2.60. The number of hydrogen-bond donors (Lipinski definition) is 9. The summed E-state index contributed by atoms with van der Waals surface area (Å²) < 4.78 is 23.1. The van der Waals surface area contributed by atoms with Crippen molar-refractivity contribution in [1.29, 1.82) is 0 Å². The maximum absolute atomic E-state index is 14.9. The predicted octanol–water partition coefficient (Wildman–Crippen LogP) is 7.76. The van der Waals surface area contributed by atoms with Crippen molar-refractivity contribution in [3.63, 3.8) is 0 Å². The fourth-order valence-corrected chi connectivity index (χ4v) is 17.0. The first-order chi connectivity index (χ1) is 55.4. The Kier molecular flexibility index (Phi) is 38.5. The molecule has 0 aromatic heterocycles. The minimum Gasteiger partial charge on any atom is -0.494 e. The van der Waals surface area contributed by atoms with E-state index in [2.05, 4.69) is 42.4 Å². The molecule has 3 aromatic rings. The number of hydrazone groups is 1. The van der Waals surface area contributed by atoms with E-state index in [4.69, 9.17) is 29.5 Å². The molecule has 34 heteroatoms. The molecular weight excluding hydrogens is 1550 g/mol. The van der Waals surface area contributed by atoms with Gasteiger partial charge in [-0.15, -0.1) is 5.06 Å². The second-order valence-corrected chi connectivity index (χ2v) is 34.9. The van der Waals surface area contributed by atoms with Crippen LogP contribution in [0.25, 0.3) is 0 Å². The molecule has 0 unspecified atom stereocenters. The number of nitrogens with one attached hydrogen (secondary N) is 7. The van der Waals surface area contributed by atoms with Crippen molar-refractivity contribution < 1.29 is 91.2 Å². The van der Waals surface area contributed by atoms with Crippen molar-refractivity contribution >= 4 is 110 Å². The molecule has 1 aliphatic carbocycles. The number of aryl methyl sites for hydroxylation is 1. The van der Waals surface area contributed by atoms with Gasteiger partial charge in [-0.3, -0.25) is 52.8 Å². The van der Waals surface area contributed by atoms with E-state index in [1.54, 1.807) is 115 Å². The van der Waals surface area contributed by atoms with Crippen molar-refractivity contribution in [3.05, 3.63) is 95.1 Å². The summed E-state index contributed by atoms with van der Waals surface area (Å²) in [6.45, 7) is 22.3. The Morgan fingerprint density at radius 3 is 2.03 bits per heavy atom. The molecule has 3 aliphatic rings. The molecule has 0 saturated carbocycles. The van der Waals surface area contributed by atoms with E-state index in [9.17, 15) is 67.4 Å². The Morgan fingerprint density at radius 1 is 0.735 bits per heavy atom. The van der Waals surface area contributed by atoms with E-state index in [1.807, 2.05) is 58.0 Å². The zero-order valence-electron chi connectivity index (χ0n) is 70.4. The highest BCUT2D eigenvalue weighted by Crippen LogP contribution is 2.39. The molecule has 2 saturated heterocycles. The summed E-state index contributed by atoms with van der Waals surface area (Å²) in [7, 11) is 8.89. The smallest absolute Gasteiger partial charge is 0.410 e. The van der Waals surface area contributed by atoms with Crippen molar-refractivity contribution in [2.24, 2.45) is 40.4 Å². The highest BCUT2D eigenvalue weighted by molar-refractivity contribution is 8.77. The lowest BCUT2D eigenvalue weighted by Gasteiger charge is -2.41. The van der Waals surface area contributed by atoms with Crippen LogP contribution in [0.15, 0.2) is 77.9 Å². The van der Waals surface area contributed by atoms with Gasteiger partial charge in [0.2, 0.25) is 47.3 Å². The van der Waals surface area contributed by atoms with Gasteiger partial charge >= 0.3 is 18.1 Å². The number of aliphatic hydroxyl groups is 1. The number of likely N-dealkylation sites (tertiary alicyclic amines) is 1. The Labute approximate surface area is 694 Å². The van der Waals surface area contributed by atoms with E-state index in [1.165, 1.54) is 47.8 Å². The summed E-state index contributed by atoms with van der Waals surface area (Å²) in [5.74, 6) is -6.61. The van der Waals surface area contributed by atoms with Gasteiger partial charge in [-0.2, -0.15) is 5.10 Å². The van der Waals surface area contributed by atoms with Crippen LogP contribution in [0.1, 0.15) is 195 Å². The van der Waals surface area contributed by atoms with Crippen molar-refractivity contribution in [1.82, 2.24) is 51.8 Å². The third kappa shape index (κ3) is 29.0. The molecule has 6 rings (SSSR count). The average Bonchev–Trinajstić information content (AvgIpc) is 1.80. The zero-order chi connectivity index (χ0) is 86.5. The van der Waals surface area contributed by atoms with Crippen LogP contribution in [0.4, 0.5) is 15.3 Å². The number of ether oxygens (including phenoxy) is 4. The number of hydrogen-bond acceptors (Lipinski definition) is 22. The van der Waals surface area contributed by atoms with Crippen LogP contribution in [0.3, 0.4) is 0 Å². The van der Waals surface area contributed by atoms with Crippen LogP contribution in [-0.4, -0.2) is 221 Å². The van der Waals surface area contributed by atoms with Crippen molar-refractivity contribution in [2.75, 3.05) is 59.1 Å². The topological polar surface area (TPSA) is 424 Å². The molecule has 3 aromatic carbocycles. The van der Waals surface area contributed by atoms with Gasteiger partial charge in [0.25, 0.3) is 11.8 Å². The first-order valence-corrected chi connectivity index (χ1v) is 42.6. The molecule has 0 bridgehead atoms. The SMILES string of the molecule is CC[C@H](C)[C@@H]([C@@H](CC(=O)N1CCC[C@H]1[C@H](OC)[C@@H](C)C(=O)N[C@H](C)[C@@H](O)c1ccccc1)OC)N(C)C(=O)[C@@H](NC(=O)[C@H](C(C)C)N(C)C(=O)OCc1ccc(NC(=O)[C@H](CCCNC(N)=O)NC(=O)[C@@H](NC(=O)CCSSC(C)(C)CC(=O)N/N=C2\CCc3cc(OCCCC(=O)ON4C(=O)CCC4=O)ccc32)C(C)C)cc1)C(C)C. The highest BCUT2D eigenvalue weighted by atomic mass is 33.1. The van der Waals surface area contributed by atoms with Crippen LogP contribution < -0.4 is 47.8 Å². The minimum absolute atomic E-state index is 0.0134. The largest absolute Gasteiger partial charge is 0.494 e. The van der Waals surface area contributed by atoms with Gasteiger partial charge in [-0.25, -0.2) is 19.8 Å². The lowest BCUT2D eigenvalue weighted by molar-refractivity contribution is -0.197. The number of amides is 13. The predicted molar refractivity (Wildman–Crippen MR) is 444 cm³/mol. The number of hydroxylamine groups is 2. The average molecular weight is 1670 g/mol. The maximum atomic E-state index is 14.9. The summed E-state index contributed by atoms with van der Waals surface area (Å²) in [6.07, 6.45) is 0.488. The van der Waals surface area contributed by atoms with Gasteiger partial charge in [0.1, 0.15) is 36.5 Å². The lowest BCUT2D eigenvalue weighted by atomic mass is 9.89. The van der Waals surface area contributed by atoms with E-state index in [-0.39, 0.29) is 94.8 Å². The van der Waals surface area contributed by atoms with Crippen LogP contribution in [-0.2, 0) is 84.8 Å². The molecule has 32 nitrogen and oxygen atoms in total. The van der Waals surface area contributed by atoms with E-state index < -0.39 is 148 Å². The van der Waals surface area contributed by atoms with E-state index >= 15 is 0 Å². The van der Waals surface area contributed by atoms with Crippen LogP contribution in [0.5, 0.6) is 5.75 Å². The number of likely N-dealkylation sites (N-methyl/N-ethyl adjacent to an activating group) is 2. The molecule has 13 amide bonds. The van der Waals surface area contributed by atoms with Crippen LogP contribution >= 0.6 is 21.6 Å². The number of carbonyl (C=O) groups is 13. The number of benzene rings is 3. The molecule has 12 atom stereocenters. The number of rotatable bonds is 46. The van der Waals surface area contributed by atoms with E-state index in [0.29, 0.717) is 84.2 Å².